The molecule has 2 aromatic carbocycles. The van der Waals surface area contributed by atoms with Gasteiger partial charge in [-0.1, -0.05) is 36.9 Å². The van der Waals surface area contributed by atoms with Crippen LogP contribution in [0.5, 0.6) is 0 Å². The number of alkyl halides is 3. The molecular formula is C39H43F5N4O5. The third kappa shape index (κ3) is 10.7. The number of halogens is 5. The average Bonchev–Trinajstić information content (AvgIpc) is 3.52. The van der Waals surface area contributed by atoms with Crippen molar-refractivity contribution in [2.75, 3.05) is 53.7 Å². The van der Waals surface area contributed by atoms with Gasteiger partial charge in [0.1, 0.15) is 17.3 Å². The largest absolute Gasteiger partial charge is 0.498 e. The van der Waals surface area contributed by atoms with Gasteiger partial charge in [-0.2, -0.15) is 13.2 Å². The van der Waals surface area contributed by atoms with Crippen molar-refractivity contribution in [2.45, 2.75) is 32.5 Å². The van der Waals surface area contributed by atoms with Gasteiger partial charge in [0.2, 0.25) is 0 Å². The number of rotatable bonds is 18. The Morgan fingerprint density at radius 1 is 1.02 bits per heavy atom. The van der Waals surface area contributed by atoms with Gasteiger partial charge in [-0.05, 0) is 60.9 Å². The maximum absolute atomic E-state index is 15.3. The quantitative estimate of drug-likeness (QED) is 0.0594. The number of allylic oxidation sites excluding steroid dienone is 8. The molecule has 284 valence electrons. The highest BCUT2D eigenvalue weighted by Gasteiger charge is 2.31. The average molecular weight is 743 g/mol. The first kappa shape index (κ1) is 40.7. The molecule has 3 N–H and O–H groups in total. The molecule has 0 fully saturated rings. The van der Waals surface area contributed by atoms with Crippen molar-refractivity contribution in [3.8, 4) is 11.4 Å². The van der Waals surface area contributed by atoms with Crippen molar-refractivity contribution in [1.29, 1.82) is 0 Å². The van der Waals surface area contributed by atoms with Crippen molar-refractivity contribution in [2.24, 2.45) is 5.73 Å². The number of benzene rings is 2. The van der Waals surface area contributed by atoms with Crippen LogP contribution in [-0.2, 0) is 31.7 Å². The highest BCUT2D eigenvalue weighted by atomic mass is 19.4. The summed E-state index contributed by atoms with van der Waals surface area (Å²) in [6.45, 7) is 7.55. The van der Waals surface area contributed by atoms with Crippen molar-refractivity contribution in [3.63, 3.8) is 0 Å². The SMILES string of the molecule is C=C(OC)/C(F)=C\C(=C/C)c1nc(-c2ccc(C(F)(F)F)cc2)n(Cc2ccc(C(=O)NCCOCCOCCN)cc2)c1C1=CC(F)=C(OC)CC1. The Kier molecular flexibility index (Phi) is 14.7. The summed E-state index contributed by atoms with van der Waals surface area (Å²) in [6.07, 6.45) is 0.0924. The number of hydrogen-bond donors (Lipinski definition) is 2. The molecule has 1 aromatic heterocycles. The van der Waals surface area contributed by atoms with Crippen molar-refractivity contribution < 1.29 is 45.7 Å². The fraction of sp³-hybridized carbons (Fsp3) is 0.333. The van der Waals surface area contributed by atoms with E-state index < -0.39 is 23.4 Å². The number of methoxy groups -OCH3 is 2. The first-order chi connectivity index (χ1) is 25.4. The molecule has 1 aliphatic rings. The van der Waals surface area contributed by atoms with E-state index in [4.69, 9.17) is 29.7 Å². The summed E-state index contributed by atoms with van der Waals surface area (Å²) in [4.78, 5) is 17.7. The van der Waals surface area contributed by atoms with Crippen LogP contribution in [0.2, 0.25) is 0 Å². The molecule has 53 heavy (non-hydrogen) atoms. The van der Waals surface area contributed by atoms with E-state index in [0.717, 1.165) is 12.1 Å². The van der Waals surface area contributed by atoms with Crippen LogP contribution in [0, 0.1) is 0 Å². The molecule has 0 saturated heterocycles. The molecule has 0 unspecified atom stereocenters. The molecule has 1 aliphatic carbocycles. The minimum absolute atomic E-state index is 0.106. The molecule has 0 radical (unpaired) electrons. The van der Waals surface area contributed by atoms with E-state index in [2.05, 4.69) is 11.9 Å². The Hall–Kier alpha value is -5.05. The molecule has 0 aliphatic heterocycles. The number of nitrogens with zero attached hydrogens (tertiary/aromatic N) is 2. The van der Waals surface area contributed by atoms with Crippen molar-refractivity contribution in [1.82, 2.24) is 14.9 Å². The van der Waals surface area contributed by atoms with Gasteiger partial charge in [0.05, 0.1) is 57.6 Å². The van der Waals surface area contributed by atoms with Crippen LogP contribution in [0.25, 0.3) is 22.5 Å². The van der Waals surface area contributed by atoms with Gasteiger partial charge in [-0.3, -0.25) is 4.79 Å². The van der Waals surface area contributed by atoms with Crippen molar-refractivity contribution in [3.05, 3.63) is 125 Å². The smallest absolute Gasteiger partial charge is 0.416 e. The van der Waals surface area contributed by atoms with E-state index in [9.17, 15) is 18.0 Å². The molecule has 0 saturated carbocycles. The molecule has 3 aromatic rings. The second kappa shape index (κ2) is 19.1. The Balaban J connectivity index is 1.76. The van der Waals surface area contributed by atoms with E-state index in [1.165, 1.54) is 38.5 Å². The Bertz CT molecular complexity index is 1860. The molecule has 0 atom stereocenters. The standard InChI is InChI=1S/C39H43F5N4O5/c1-5-27(22-32(40)25(2)50-3)35-36(30-12-15-34(51-4)33(41)23-30)48(37(47-35)28-10-13-31(14-11-28)39(42,43)44)24-26-6-8-29(9-7-26)38(49)46-17-19-53-21-20-52-18-16-45/h5-11,13-14,22-23H,2,12,15-21,24,45H2,1,3-4H3,(H,46,49)/b27-5+,32-22+. The van der Waals surface area contributed by atoms with Crippen LogP contribution in [0.3, 0.4) is 0 Å². The number of carbonyl (C=O) groups excluding carboxylic acids is 1. The van der Waals surface area contributed by atoms with Gasteiger partial charge < -0.3 is 34.6 Å². The minimum Gasteiger partial charge on any atom is -0.498 e. The number of aromatic nitrogens is 2. The summed E-state index contributed by atoms with van der Waals surface area (Å²) < 4.78 is 93.6. The Morgan fingerprint density at radius 3 is 2.28 bits per heavy atom. The number of hydrogen-bond acceptors (Lipinski definition) is 7. The molecule has 0 spiro atoms. The van der Waals surface area contributed by atoms with Crippen LogP contribution in [0.4, 0.5) is 22.0 Å². The lowest BCUT2D eigenvalue weighted by Gasteiger charge is -2.20. The Labute approximate surface area is 305 Å². The lowest BCUT2D eigenvalue weighted by Crippen LogP contribution is -2.27. The topological polar surface area (TPSA) is 110 Å². The fourth-order valence-electron chi connectivity index (χ4n) is 5.51. The Morgan fingerprint density at radius 2 is 1.70 bits per heavy atom. The third-order valence-corrected chi connectivity index (χ3v) is 8.28. The number of ether oxygens (including phenoxy) is 4. The van der Waals surface area contributed by atoms with E-state index in [0.29, 0.717) is 72.9 Å². The number of carbonyl (C=O) groups is 1. The predicted octanol–water partition coefficient (Wildman–Crippen LogP) is 7.76. The highest BCUT2D eigenvalue weighted by molar-refractivity contribution is 5.94. The fourth-order valence-corrected chi connectivity index (χ4v) is 5.51. The van der Waals surface area contributed by atoms with Crippen LogP contribution >= 0.6 is 0 Å². The summed E-state index contributed by atoms with van der Waals surface area (Å²) in [5.41, 5.74) is 7.43. The number of amides is 1. The minimum atomic E-state index is -4.56. The molecule has 14 heteroatoms. The van der Waals surface area contributed by atoms with E-state index in [1.807, 2.05) is 0 Å². The normalized spacial score (nSPS) is 13.9. The molecular weight excluding hydrogens is 699 g/mol. The number of nitrogens with one attached hydrogen (secondary N) is 1. The zero-order valence-electron chi connectivity index (χ0n) is 29.8. The summed E-state index contributed by atoms with van der Waals surface area (Å²) in [6, 6.07) is 11.3. The number of imidazole rings is 1. The van der Waals surface area contributed by atoms with Gasteiger partial charge in [-0.15, -0.1) is 0 Å². The molecule has 4 rings (SSSR count). The van der Waals surface area contributed by atoms with Gasteiger partial charge in [0.25, 0.3) is 5.91 Å². The molecule has 9 nitrogen and oxygen atoms in total. The van der Waals surface area contributed by atoms with Gasteiger partial charge in [0, 0.05) is 42.8 Å². The molecule has 0 bridgehead atoms. The van der Waals surface area contributed by atoms with Crippen molar-refractivity contribution >= 4 is 17.1 Å². The second-order valence-corrected chi connectivity index (χ2v) is 11.8. The zero-order valence-corrected chi connectivity index (χ0v) is 29.8. The maximum Gasteiger partial charge on any atom is 0.416 e. The van der Waals surface area contributed by atoms with E-state index >= 15 is 8.78 Å². The summed E-state index contributed by atoms with van der Waals surface area (Å²) in [5.74, 6) is -1.51. The lowest BCUT2D eigenvalue weighted by molar-refractivity contribution is -0.137. The first-order valence-corrected chi connectivity index (χ1v) is 16.8. The second-order valence-electron chi connectivity index (χ2n) is 11.8. The zero-order chi connectivity index (χ0) is 38.5. The van der Waals surface area contributed by atoms with Crippen LogP contribution < -0.4 is 11.1 Å². The van der Waals surface area contributed by atoms with Gasteiger partial charge in [-0.25, -0.2) is 13.8 Å². The van der Waals surface area contributed by atoms with Gasteiger partial charge in [0.15, 0.2) is 11.7 Å². The summed E-state index contributed by atoms with van der Waals surface area (Å²) >= 11 is 0. The van der Waals surface area contributed by atoms with E-state index in [-0.39, 0.29) is 48.5 Å². The summed E-state index contributed by atoms with van der Waals surface area (Å²) in [7, 11) is 2.65. The number of nitrogens with two attached hydrogens (primary N) is 1. The van der Waals surface area contributed by atoms with Gasteiger partial charge >= 0.3 is 6.18 Å². The highest BCUT2D eigenvalue weighted by Crippen LogP contribution is 2.39. The predicted molar refractivity (Wildman–Crippen MR) is 193 cm³/mol. The summed E-state index contributed by atoms with van der Waals surface area (Å²) in [5, 5.41) is 2.80. The van der Waals surface area contributed by atoms with Crippen LogP contribution in [0.15, 0.2) is 96.5 Å². The molecule has 1 heterocycles. The van der Waals surface area contributed by atoms with Crippen LogP contribution in [0.1, 0.15) is 52.6 Å². The maximum atomic E-state index is 15.3. The molecule has 1 amide bonds. The van der Waals surface area contributed by atoms with E-state index in [1.54, 1.807) is 41.8 Å². The van der Waals surface area contributed by atoms with Crippen LogP contribution in [-0.4, -0.2) is 69.2 Å². The lowest BCUT2D eigenvalue weighted by atomic mass is 9.96. The first-order valence-electron chi connectivity index (χ1n) is 16.8. The monoisotopic (exact) mass is 742 g/mol. The third-order valence-electron chi connectivity index (χ3n) is 8.28.